The summed E-state index contributed by atoms with van der Waals surface area (Å²) in [6.07, 6.45) is 0.169. The van der Waals surface area contributed by atoms with Crippen LogP contribution in [0.25, 0.3) is 0 Å². The van der Waals surface area contributed by atoms with Crippen LogP contribution in [0.3, 0.4) is 0 Å². The second kappa shape index (κ2) is 11.3. The van der Waals surface area contributed by atoms with Crippen molar-refractivity contribution in [3.8, 4) is 0 Å². The number of H-pyrrole nitrogens is 1. The number of nitrogens with zero attached hydrogens (tertiary/aromatic N) is 8. The van der Waals surface area contributed by atoms with Gasteiger partial charge in [-0.05, 0) is 41.2 Å². The van der Waals surface area contributed by atoms with Crippen LogP contribution in [-0.2, 0) is 31.8 Å². The van der Waals surface area contributed by atoms with Crippen LogP contribution in [0.2, 0.25) is 19.6 Å². The fourth-order valence-electron chi connectivity index (χ4n) is 4.05. The number of rotatable bonds is 10. The molecule has 2 atom stereocenters. The molecule has 39 heavy (non-hydrogen) atoms. The summed E-state index contributed by atoms with van der Waals surface area (Å²) in [4.78, 5) is 40.7. The third-order valence-electron chi connectivity index (χ3n) is 5.72. The molecule has 1 unspecified atom stereocenters. The Labute approximate surface area is 232 Å². The predicted molar refractivity (Wildman–Crippen MR) is 143 cm³/mol. The summed E-state index contributed by atoms with van der Waals surface area (Å²) in [5.41, 5.74) is 1.83. The van der Waals surface area contributed by atoms with Crippen LogP contribution >= 0.6 is 23.5 Å². The Bertz CT molecular complexity index is 1390. The van der Waals surface area contributed by atoms with E-state index in [0.717, 1.165) is 11.1 Å². The number of β-lactam (4-membered cyclic amide) rings is 1. The Balaban J connectivity index is 1.32. The van der Waals surface area contributed by atoms with Gasteiger partial charge in [-0.25, -0.2) is 9.48 Å². The number of aromatic amines is 1. The number of benzene rings is 1. The highest BCUT2D eigenvalue weighted by Gasteiger charge is 2.54. The number of thioether (sulfide) groups is 2. The van der Waals surface area contributed by atoms with Crippen molar-refractivity contribution in [1.29, 1.82) is 0 Å². The molecule has 2 aliphatic heterocycles. The molecule has 4 heterocycles. The number of hydrogen-bond acceptors (Lipinski definition) is 12. The lowest BCUT2D eigenvalue weighted by molar-refractivity contribution is -0.150. The van der Waals surface area contributed by atoms with Crippen molar-refractivity contribution < 1.29 is 18.8 Å². The lowest BCUT2D eigenvalue weighted by atomic mass is 10.0. The van der Waals surface area contributed by atoms with Crippen molar-refractivity contribution in [3.63, 3.8) is 0 Å². The lowest BCUT2D eigenvalue weighted by Crippen LogP contribution is -2.71. The summed E-state index contributed by atoms with van der Waals surface area (Å²) < 4.78 is 7.33. The highest BCUT2D eigenvalue weighted by atomic mass is 32.2. The van der Waals surface area contributed by atoms with Crippen LogP contribution in [0.5, 0.6) is 0 Å². The van der Waals surface area contributed by atoms with E-state index in [0.29, 0.717) is 22.5 Å². The third kappa shape index (κ3) is 6.20. The SMILES string of the molecule is C[Si](C)(C)OC(=O)C1=C(CSc2nnnn2Cc2nn[nH]n2)CS[C@@H]2C(NC(=O)Cc3ccccc3)C(=O)N12. The molecule has 0 spiro atoms. The largest absolute Gasteiger partial charge is 0.515 e. The molecule has 204 valence electrons. The van der Waals surface area contributed by atoms with Crippen LogP contribution in [0.15, 0.2) is 46.8 Å². The molecule has 2 N–H and O–H groups in total. The van der Waals surface area contributed by atoms with Crippen molar-refractivity contribution in [3.05, 3.63) is 53.0 Å². The predicted octanol–water partition coefficient (Wildman–Crippen LogP) is 0.601. The normalized spacial score (nSPS) is 18.9. The first kappa shape index (κ1) is 27.0. The van der Waals surface area contributed by atoms with E-state index < -0.39 is 25.7 Å². The number of tetrazole rings is 2. The molecule has 5 rings (SSSR count). The fourth-order valence-corrected chi connectivity index (χ4v) is 7.06. The summed E-state index contributed by atoms with van der Waals surface area (Å²) >= 11 is 2.83. The van der Waals surface area contributed by atoms with Gasteiger partial charge in [0, 0.05) is 11.5 Å². The molecule has 17 heteroatoms. The van der Waals surface area contributed by atoms with Crippen LogP contribution in [0, 0.1) is 0 Å². The van der Waals surface area contributed by atoms with E-state index in [9.17, 15) is 14.4 Å². The molecule has 0 saturated carbocycles. The number of nitrogens with one attached hydrogen (secondary N) is 2. The Kier molecular flexibility index (Phi) is 7.80. The summed E-state index contributed by atoms with van der Waals surface area (Å²) in [5, 5.41) is 28.5. The highest BCUT2D eigenvalue weighted by molar-refractivity contribution is 8.01. The van der Waals surface area contributed by atoms with Gasteiger partial charge in [-0.15, -0.1) is 27.1 Å². The first-order valence-electron chi connectivity index (χ1n) is 12.0. The molecular formula is C22H26N10O4S2Si. The Morgan fingerprint density at radius 1 is 1.23 bits per heavy atom. The maximum Gasteiger partial charge on any atom is 0.341 e. The average molecular weight is 587 g/mol. The summed E-state index contributed by atoms with van der Waals surface area (Å²) in [6.45, 7) is 5.95. The summed E-state index contributed by atoms with van der Waals surface area (Å²) in [5.74, 6) is 0.159. The number of carbonyl (C=O) groups excluding carboxylic acids is 3. The van der Waals surface area contributed by atoms with E-state index >= 15 is 0 Å². The zero-order valence-electron chi connectivity index (χ0n) is 21.4. The smallest absolute Gasteiger partial charge is 0.341 e. The minimum absolute atomic E-state index is 0.169. The van der Waals surface area contributed by atoms with E-state index in [1.807, 2.05) is 50.0 Å². The lowest BCUT2D eigenvalue weighted by Gasteiger charge is -2.50. The number of carbonyl (C=O) groups is 3. The number of amides is 2. The quantitative estimate of drug-likeness (QED) is 0.193. The van der Waals surface area contributed by atoms with E-state index in [4.69, 9.17) is 4.43 Å². The molecule has 0 bridgehead atoms. The molecule has 2 aromatic heterocycles. The monoisotopic (exact) mass is 586 g/mol. The number of aromatic nitrogens is 8. The van der Waals surface area contributed by atoms with Crippen LogP contribution in [0.4, 0.5) is 0 Å². The molecule has 14 nitrogen and oxygen atoms in total. The van der Waals surface area contributed by atoms with Gasteiger partial charge in [0.2, 0.25) is 19.4 Å². The van der Waals surface area contributed by atoms with Gasteiger partial charge in [0.05, 0.1) is 6.42 Å². The second-order valence-corrected chi connectivity index (χ2v) is 16.3. The van der Waals surface area contributed by atoms with E-state index in [1.165, 1.54) is 33.1 Å². The molecule has 2 amide bonds. The van der Waals surface area contributed by atoms with Crippen molar-refractivity contribution in [2.45, 2.75) is 49.2 Å². The molecule has 0 radical (unpaired) electrons. The molecule has 0 aliphatic carbocycles. The first-order valence-corrected chi connectivity index (χ1v) is 17.5. The Morgan fingerprint density at radius 2 is 2.03 bits per heavy atom. The molecule has 3 aromatic rings. The maximum atomic E-state index is 13.4. The van der Waals surface area contributed by atoms with Gasteiger partial charge in [0.15, 0.2) is 5.82 Å². The summed E-state index contributed by atoms with van der Waals surface area (Å²) in [7, 11) is -2.26. The van der Waals surface area contributed by atoms with Crippen LogP contribution in [-0.4, -0.2) is 94.8 Å². The van der Waals surface area contributed by atoms with E-state index in [-0.39, 0.29) is 30.5 Å². The third-order valence-corrected chi connectivity index (χ3v) is 8.90. The second-order valence-electron chi connectivity index (χ2n) is 9.81. The molecule has 1 fully saturated rings. The average Bonchev–Trinajstić information content (AvgIpc) is 3.57. The molecule has 2 aliphatic rings. The van der Waals surface area contributed by atoms with Gasteiger partial charge in [-0.2, -0.15) is 5.21 Å². The van der Waals surface area contributed by atoms with E-state index in [2.05, 4.69) is 41.5 Å². The van der Waals surface area contributed by atoms with Gasteiger partial charge >= 0.3 is 5.97 Å². The number of hydrogen-bond donors (Lipinski definition) is 2. The van der Waals surface area contributed by atoms with Crippen molar-refractivity contribution >= 4 is 49.6 Å². The fraction of sp³-hybridized carbons (Fsp3) is 0.409. The Morgan fingerprint density at radius 3 is 2.74 bits per heavy atom. The minimum Gasteiger partial charge on any atom is -0.515 e. The van der Waals surface area contributed by atoms with Gasteiger partial charge in [-0.1, -0.05) is 47.3 Å². The zero-order chi connectivity index (χ0) is 27.6. The van der Waals surface area contributed by atoms with Gasteiger partial charge in [0.25, 0.3) is 5.91 Å². The molecule has 1 aromatic carbocycles. The topological polar surface area (TPSA) is 174 Å². The van der Waals surface area contributed by atoms with Gasteiger partial charge < -0.3 is 9.74 Å². The van der Waals surface area contributed by atoms with Crippen molar-refractivity contribution in [2.24, 2.45) is 0 Å². The van der Waals surface area contributed by atoms with Gasteiger partial charge in [-0.3, -0.25) is 14.5 Å². The molecule has 1 saturated heterocycles. The van der Waals surface area contributed by atoms with Crippen molar-refractivity contribution in [1.82, 2.24) is 51.0 Å². The number of fused-ring (bicyclic) bond motifs is 1. The first-order chi connectivity index (χ1) is 18.7. The van der Waals surface area contributed by atoms with E-state index in [1.54, 1.807) is 0 Å². The molecular weight excluding hydrogens is 561 g/mol. The van der Waals surface area contributed by atoms with Crippen LogP contribution in [0.1, 0.15) is 11.4 Å². The van der Waals surface area contributed by atoms with Crippen molar-refractivity contribution in [2.75, 3.05) is 11.5 Å². The highest BCUT2D eigenvalue weighted by Crippen LogP contribution is 2.42. The van der Waals surface area contributed by atoms with Gasteiger partial charge in [0.1, 0.15) is 23.7 Å². The summed E-state index contributed by atoms with van der Waals surface area (Å²) in [6, 6.07) is 8.61. The zero-order valence-corrected chi connectivity index (χ0v) is 24.0. The Hall–Kier alpha value is -3.57. The standard InChI is InChI=1S/C22H26N10O4S2Si/c1-39(2,3)36-21(35)18-14(12-38-22-26-29-30-31(22)10-15-24-27-28-25-15)11-37-20-17(19(34)32(18)20)23-16(33)9-13-7-5-4-6-8-13/h4-8,17,20H,9-12H2,1-3H3,(H,23,33)(H,24,25,27,28)/t17?,20-/m1/s1. The van der Waals surface area contributed by atoms with Crippen LogP contribution < -0.4 is 5.32 Å². The minimum atomic E-state index is -2.26. The maximum absolute atomic E-state index is 13.4.